The van der Waals surface area contributed by atoms with Gasteiger partial charge in [0, 0.05) is 5.69 Å². The Balaban J connectivity index is 2.49. The van der Waals surface area contributed by atoms with E-state index in [1.165, 1.54) is 12.1 Å². The fourth-order valence-electron chi connectivity index (χ4n) is 2.29. The Morgan fingerprint density at radius 1 is 1.30 bits per heavy atom. The lowest BCUT2D eigenvalue weighted by Crippen LogP contribution is -2.53. The van der Waals surface area contributed by atoms with Gasteiger partial charge in [0.25, 0.3) is 0 Å². The van der Waals surface area contributed by atoms with E-state index in [2.05, 4.69) is 4.74 Å². The van der Waals surface area contributed by atoms with Crippen molar-refractivity contribution in [2.24, 2.45) is 0 Å². The number of benzene rings is 1. The monoisotopic (exact) mass is 287 g/mol. The van der Waals surface area contributed by atoms with Gasteiger partial charge in [0.1, 0.15) is 6.04 Å². The lowest BCUT2D eigenvalue weighted by Gasteiger charge is -2.35. The number of alkyl halides is 3. The van der Waals surface area contributed by atoms with Gasteiger partial charge in [-0.3, -0.25) is 9.69 Å². The first-order valence-corrected chi connectivity index (χ1v) is 5.92. The summed E-state index contributed by atoms with van der Waals surface area (Å²) in [7, 11) is 1.08. The van der Waals surface area contributed by atoms with Crippen LogP contribution in [0.1, 0.15) is 12.0 Å². The molecular formula is C13H12F3NO3. The Labute approximate surface area is 113 Å². The quantitative estimate of drug-likeness (QED) is 0.743. The molecule has 1 amide bonds. The second kappa shape index (κ2) is 5.15. The summed E-state index contributed by atoms with van der Waals surface area (Å²) in [5.74, 6) is -2.91. The number of halogens is 3. The molecule has 1 atom stereocenters. The normalized spacial score (nSPS) is 18.4. The van der Waals surface area contributed by atoms with Crippen molar-refractivity contribution >= 4 is 17.6 Å². The van der Waals surface area contributed by atoms with E-state index in [1.807, 2.05) is 0 Å². The third kappa shape index (κ3) is 2.48. The molecule has 1 aromatic carbocycles. The van der Waals surface area contributed by atoms with Crippen LogP contribution in [0.25, 0.3) is 0 Å². The number of esters is 1. The van der Waals surface area contributed by atoms with Crippen molar-refractivity contribution in [3.63, 3.8) is 0 Å². The van der Waals surface area contributed by atoms with Gasteiger partial charge in [-0.1, -0.05) is 18.2 Å². The molecule has 1 unspecified atom stereocenters. The minimum Gasteiger partial charge on any atom is -0.467 e. The Bertz CT molecular complexity index is 542. The summed E-state index contributed by atoms with van der Waals surface area (Å²) in [5.41, 5.74) is 0.710. The minimum absolute atomic E-state index is 0.103. The van der Waals surface area contributed by atoms with Gasteiger partial charge in [0.2, 0.25) is 0 Å². The topological polar surface area (TPSA) is 46.6 Å². The van der Waals surface area contributed by atoms with Crippen molar-refractivity contribution in [2.75, 3.05) is 12.0 Å². The molecule has 1 aliphatic heterocycles. The molecule has 1 aliphatic rings. The van der Waals surface area contributed by atoms with Crippen molar-refractivity contribution in [1.29, 1.82) is 0 Å². The lowest BCUT2D eigenvalue weighted by molar-refractivity contribution is -0.172. The number of anilines is 1. The largest absolute Gasteiger partial charge is 0.471 e. The van der Waals surface area contributed by atoms with Crippen LogP contribution in [0.4, 0.5) is 18.9 Å². The number of aryl methyl sites for hydroxylation is 1. The standard InChI is InChI=1S/C13H12F3NO3/c1-20-11(18)10-7-6-8-4-2-3-5-9(8)17(10)12(19)13(14,15)16/h2-5,10H,6-7H2,1H3. The van der Waals surface area contributed by atoms with E-state index in [4.69, 9.17) is 0 Å². The van der Waals surface area contributed by atoms with Crippen LogP contribution in [0, 0.1) is 0 Å². The third-order valence-corrected chi connectivity index (χ3v) is 3.18. The summed E-state index contributed by atoms with van der Waals surface area (Å²) in [6.07, 6.45) is -4.53. The Morgan fingerprint density at radius 3 is 2.55 bits per heavy atom. The molecule has 1 aromatic rings. The first kappa shape index (κ1) is 14.4. The zero-order valence-corrected chi connectivity index (χ0v) is 10.6. The molecular weight excluding hydrogens is 275 g/mol. The minimum atomic E-state index is -5.04. The van der Waals surface area contributed by atoms with Crippen molar-refractivity contribution in [3.8, 4) is 0 Å². The third-order valence-electron chi connectivity index (χ3n) is 3.18. The fraction of sp³-hybridized carbons (Fsp3) is 0.385. The van der Waals surface area contributed by atoms with Gasteiger partial charge in [0.05, 0.1) is 7.11 Å². The number of para-hydroxylation sites is 1. The Kier molecular flexibility index (Phi) is 3.69. The van der Waals surface area contributed by atoms with Crippen LogP contribution in [0.2, 0.25) is 0 Å². The summed E-state index contributed by atoms with van der Waals surface area (Å²) < 4.78 is 42.7. The summed E-state index contributed by atoms with van der Waals surface area (Å²) >= 11 is 0. The maximum Gasteiger partial charge on any atom is 0.471 e. The molecule has 0 aliphatic carbocycles. The number of rotatable bonds is 1. The van der Waals surface area contributed by atoms with E-state index in [1.54, 1.807) is 12.1 Å². The number of carbonyl (C=O) groups is 2. The molecule has 0 fully saturated rings. The maximum absolute atomic E-state index is 12.7. The lowest BCUT2D eigenvalue weighted by atomic mass is 9.95. The molecule has 2 rings (SSSR count). The van der Waals surface area contributed by atoms with E-state index < -0.39 is 24.1 Å². The van der Waals surface area contributed by atoms with Gasteiger partial charge in [0.15, 0.2) is 0 Å². The average Bonchev–Trinajstić information content (AvgIpc) is 2.43. The zero-order chi connectivity index (χ0) is 14.9. The Hall–Kier alpha value is -2.05. The number of hydrogen-bond acceptors (Lipinski definition) is 3. The van der Waals surface area contributed by atoms with Crippen molar-refractivity contribution in [2.45, 2.75) is 25.1 Å². The van der Waals surface area contributed by atoms with E-state index >= 15 is 0 Å². The van der Waals surface area contributed by atoms with Crippen molar-refractivity contribution < 1.29 is 27.5 Å². The highest BCUT2D eigenvalue weighted by molar-refractivity contribution is 6.03. The van der Waals surface area contributed by atoms with Crippen LogP contribution in [-0.2, 0) is 20.7 Å². The molecule has 0 N–H and O–H groups in total. The van der Waals surface area contributed by atoms with Gasteiger partial charge < -0.3 is 4.74 Å². The van der Waals surface area contributed by atoms with Crippen LogP contribution in [0.3, 0.4) is 0 Å². The molecule has 4 nitrogen and oxygen atoms in total. The van der Waals surface area contributed by atoms with E-state index in [-0.39, 0.29) is 12.1 Å². The zero-order valence-electron chi connectivity index (χ0n) is 10.6. The molecule has 108 valence electrons. The molecule has 0 bridgehead atoms. The summed E-state index contributed by atoms with van der Waals surface area (Å²) in [5, 5.41) is 0. The first-order chi connectivity index (χ1) is 9.36. The summed E-state index contributed by atoms with van der Waals surface area (Å²) in [4.78, 5) is 23.7. The van der Waals surface area contributed by atoms with Crippen molar-refractivity contribution in [3.05, 3.63) is 29.8 Å². The molecule has 1 heterocycles. The smallest absolute Gasteiger partial charge is 0.467 e. The molecule has 20 heavy (non-hydrogen) atoms. The molecule has 0 aromatic heterocycles. The van der Waals surface area contributed by atoms with Gasteiger partial charge in [-0.2, -0.15) is 13.2 Å². The van der Waals surface area contributed by atoms with Crippen LogP contribution in [0.5, 0.6) is 0 Å². The number of carbonyl (C=O) groups excluding carboxylic acids is 2. The number of ether oxygens (including phenoxy) is 1. The number of hydrogen-bond donors (Lipinski definition) is 0. The van der Waals surface area contributed by atoms with E-state index in [0.717, 1.165) is 7.11 Å². The summed E-state index contributed by atoms with van der Waals surface area (Å²) in [6, 6.07) is 4.99. The van der Waals surface area contributed by atoms with Gasteiger partial charge in [-0.25, -0.2) is 4.79 Å². The van der Waals surface area contributed by atoms with Crippen LogP contribution >= 0.6 is 0 Å². The highest BCUT2D eigenvalue weighted by atomic mass is 19.4. The molecule has 0 saturated heterocycles. The average molecular weight is 287 g/mol. The highest BCUT2D eigenvalue weighted by Gasteiger charge is 2.48. The molecule has 0 spiro atoms. The Morgan fingerprint density at radius 2 is 1.95 bits per heavy atom. The van der Waals surface area contributed by atoms with Crippen molar-refractivity contribution in [1.82, 2.24) is 0 Å². The SMILES string of the molecule is COC(=O)C1CCc2ccccc2N1C(=O)C(F)(F)F. The fourth-order valence-corrected chi connectivity index (χ4v) is 2.29. The van der Waals surface area contributed by atoms with Crippen LogP contribution in [0.15, 0.2) is 24.3 Å². The molecule has 7 heteroatoms. The van der Waals surface area contributed by atoms with Gasteiger partial charge >= 0.3 is 18.1 Å². The van der Waals surface area contributed by atoms with Gasteiger partial charge in [-0.15, -0.1) is 0 Å². The highest BCUT2D eigenvalue weighted by Crippen LogP contribution is 2.34. The number of amides is 1. The molecule has 0 saturated carbocycles. The van der Waals surface area contributed by atoms with E-state index in [0.29, 0.717) is 16.9 Å². The number of fused-ring (bicyclic) bond motifs is 1. The number of nitrogens with zero attached hydrogens (tertiary/aromatic N) is 1. The summed E-state index contributed by atoms with van der Waals surface area (Å²) in [6.45, 7) is 0. The van der Waals surface area contributed by atoms with Crippen LogP contribution < -0.4 is 4.90 Å². The van der Waals surface area contributed by atoms with Crippen LogP contribution in [-0.4, -0.2) is 31.2 Å². The first-order valence-electron chi connectivity index (χ1n) is 5.92. The van der Waals surface area contributed by atoms with Gasteiger partial charge in [-0.05, 0) is 24.5 Å². The second-order valence-corrected chi connectivity index (χ2v) is 4.38. The second-order valence-electron chi connectivity index (χ2n) is 4.38. The molecule has 0 radical (unpaired) electrons. The maximum atomic E-state index is 12.7. The predicted molar refractivity (Wildman–Crippen MR) is 64.1 cm³/mol. The predicted octanol–water partition coefficient (Wildman–Crippen LogP) is 2.07. The van der Waals surface area contributed by atoms with E-state index in [9.17, 15) is 22.8 Å². The number of methoxy groups -OCH3 is 1.